The second-order valence-corrected chi connectivity index (χ2v) is 4.94. The summed E-state index contributed by atoms with van der Waals surface area (Å²) in [5.74, 6) is -1.50. The van der Waals surface area contributed by atoms with E-state index in [4.69, 9.17) is 5.73 Å². The van der Waals surface area contributed by atoms with E-state index in [0.29, 0.717) is 18.1 Å². The van der Waals surface area contributed by atoms with Crippen LogP contribution in [0.25, 0.3) is 0 Å². The van der Waals surface area contributed by atoms with Gasteiger partial charge in [-0.2, -0.15) is 13.2 Å². The maximum absolute atomic E-state index is 13.2. The molecule has 7 heteroatoms. The van der Waals surface area contributed by atoms with Crippen molar-refractivity contribution in [2.45, 2.75) is 25.1 Å². The zero-order valence-corrected chi connectivity index (χ0v) is 10.5. The van der Waals surface area contributed by atoms with Gasteiger partial charge in [0.25, 0.3) is 5.91 Å². The second kappa shape index (κ2) is 5.40. The van der Waals surface area contributed by atoms with E-state index < -0.39 is 23.5 Å². The van der Waals surface area contributed by atoms with E-state index in [1.807, 2.05) is 0 Å². The first-order chi connectivity index (χ1) is 9.27. The Bertz CT molecular complexity index is 512. The highest BCUT2D eigenvalue weighted by molar-refractivity contribution is 5.94. The molecule has 0 spiro atoms. The van der Waals surface area contributed by atoms with Crippen molar-refractivity contribution in [1.82, 2.24) is 5.32 Å². The number of amides is 1. The van der Waals surface area contributed by atoms with Crippen LogP contribution in [-0.4, -0.2) is 18.5 Å². The van der Waals surface area contributed by atoms with Crippen LogP contribution in [0.1, 0.15) is 28.8 Å². The maximum atomic E-state index is 13.2. The summed E-state index contributed by atoms with van der Waals surface area (Å²) in [6.45, 7) is 0.168. The Morgan fingerprint density at radius 2 is 2.00 bits per heavy atom. The average molecular weight is 290 g/mol. The van der Waals surface area contributed by atoms with E-state index in [9.17, 15) is 22.4 Å². The van der Waals surface area contributed by atoms with Crippen molar-refractivity contribution in [1.29, 1.82) is 0 Å². The fourth-order valence-corrected chi connectivity index (χ4v) is 1.89. The van der Waals surface area contributed by atoms with E-state index >= 15 is 0 Å². The number of carbonyl (C=O) groups is 1. The van der Waals surface area contributed by atoms with Gasteiger partial charge in [0, 0.05) is 18.2 Å². The molecule has 1 atom stereocenters. The second-order valence-electron chi connectivity index (χ2n) is 4.94. The monoisotopic (exact) mass is 290 g/mol. The summed E-state index contributed by atoms with van der Waals surface area (Å²) in [5.41, 5.74) is 4.22. The van der Waals surface area contributed by atoms with Crippen LogP contribution >= 0.6 is 0 Å². The Hall–Kier alpha value is -1.63. The summed E-state index contributed by atoms with van der Waals surface area (Å²) in [5, 5.41) is 2.43. The largest absolute Gasteiger partial charge is 0.416 e. The molecule has 0 aromatic heterocycles. The molecule has 1 aliphatic rings. The van der Waals surface area contributed by atoms with Crippen LogP contribution in [-0.2, 0) is 6.18 Å². The molecule has 0 radical (unpaired) electrons. The summed E-state index contributed by atoms with van der Waals surface area (Å²) >= 11 is 0. The first kappa shape index (κ1) is 14.8. The number of halogens is 4. The molecule has 0 aliphatic heterocycles. The van der Waals surface area contributed by atoms with Crippen molar-refractivity contribution in [2.24, 2.45) is 11.7 Å². The molecule has 1 saturated carbocycles. The van der Waals surface area contributed by atoms with Gasteiger partial charge in [-0.25, -0.2) is 4.39 Å². The van der Waals surface area contributed by atoms with Gasteiger partial charge in [-0.05, 0) is 37.0 Å². The molecule has 0 bridgehead atoms. The lowest BCUT2D eigenvalue weighted by Gasteiger charge is -2.13. The molecule has 1 fully saturated rings. The lowest BCUT2D eigenvalue weighted by molar-refractivity contribution is -0.137. The van der Waals surface area contributed by atoms with E-state index in [1.54, 1.807) is 0 Å². The molecular formula is C13H14F4N2O. The van der Waals surface area contributed by atoms with Crippen LogP contribution in [0.2, 0.25) is 0 Å². The van der Waals surface area contributed by atoms with Gasteiger partial charge in [0.2, 0.25) is 0 Å². The standard InChI is InChI=1S/C13H14F4N2O/c14-10-4-8(3-9(5-10)13(15,16)17)12(20)19-6-11(18)7-1-2-7/h3-5,7,11H,1-2,6,18H2,(H,19,20). The number of rotatable bonds is 4. The lowest BCUT2D eigenvalue weighted by Crippen LogP contribution is -2.38. The van der Waals surface area contributed by atoms with Crippen LogP contribution in [0, 0.1) is 11.7 Å². The predicted molar refractivity (Wildman–Crippen MR) is 64.4 cm³/mol. The summed E-state index contributed by atoms with van der Waals surface area (Å²) in [6.07, 6.45) is -2.70. The molecule has 20 heavy (non-hydrogen) atoms. The summed E-state index contributed by atoms with van der Waals surface area (Å²) in [4.78, 5) is 11.7. The predicted octanol–water partition coefficient (Wildman–Crippen LogP) is 2.31. The third kappa shape index (κ3) is 3.69. The number of carbonyl (C=O) groups excluding carboxylic acids is 1. The number of nitrogens with one attached hydrogen (secondary N) is 1. The topological polar surface area (TPSA) is 55.1 Å². The summed E-state index contributed by atoms with van der Waals surface area (Å²) < 4.78 is 50.7. The zero-order valence-electron chi connectivity index (χ0n) is 10.5. The van der Waals surface area contributed by atoms with Crippen LogP contribution in [0.3, 0.4) is 0 Å². The minimum absolute atomic E-state index is 0.168. The van der Waals surface area contributed by atoms with E-state index in [-0.39, 0.29) is 18.2 Å². The molecular weight excluding hydrogens is 276 g/mol. The van der Waals surface area contributed by atoms with Gasteiger partial charge in [0.1, 0.15) is 5.82 Å². The van der Waals surface area contributed by atoms with Gasteiger partial charge in [0.05, 0.1) is 5.56 Å². The number of nitrogens with two attached hydrogens (primary N) is 1. The number of alkyl halides is 3. The maximum Gasteiger partial charge on any atom is 0.416 e. The molecule has 0 saturated heterocycles. The van der Waals surface area contributed by atoms with Crippen molar-refractivity contribution in [3.05, 3.63) is 35.1 Å². The summed E-state index contributed by atoms with van der Waals surface area (Å²) in [7, 11) is 0. The van der Waals surface area contributed by atoms with Crippen LogP contribution < -0.4 is 11.1 Å². The normalized spacial score (nSPS) is 16.9. The zero-order chi connectivity index (χ0) is 14.9. The van der Waals surface area contributed by atoms with E-state index in [2.05, 4.69) is 5.32 Å². The van der Waals surface area contributed by atoms with Crippen LogP contribution in [0.4, 0.5) is 17.6 Å². The molecule has 1 aromatic rings. The van der Waals surface area contributed by atoms with Gasteiger partial charge >= 0.3 is 6.18 Å². The quantitative estimate of drug-likeness (QED) is 0.836. The molecule has 3 N–H and O–H groups in total. The third-order valence-corrected chi connectivity index (χ3v) is 3.21. The van der Waals surface area contributed by atoms with Gasteiger partial charge in [0.15, 0.2) is 0 Å². The molecule has 1 amide bonds. The van der Waals surface area contributed by atoms with Crippen LogP contribution in [0.5, 0.6) is 0 Å². The van der Waals surface area contributed by atoms with Crippen molar-refractivity contribution in [3.63, 3.8) is 0 Å². The Kier molecular flexibility index (Phi) is 3.99. The molecule has 1 unspecified atom stereocenters. The Morgan fingerprint density at radius 1 is 1.35 bits per heavy atom. The van der Waals surface area contributed by atoms with Crippen LogP contribution in [0.15, 0.2) is 18.2 Å². The van der Waals surface area contributed by atoms with Gasteiger partial charge < -0.3 is 11.1 Å². The van der Waals surface area contributed by atoms with Crippen molar-refractivity contribution >= 4 is 5.91 Å². The first-order valence-electron chi connectivity index (χ1n) is 6.19. The molecule has 110 valence electrons. The number of hydrogen-bond acceptors (Lipinski definition) is 2. The number of benzene rings is 1. The fraction of sp³-hybridized carbons (Fsp3) is 0.462. The molecule has 1 aliphatic carbocycles. The highest BCUT2D eigenvalue weighted by atomic mass is 19.4. The fourth-order valence-electron chi connectivity index (χ4n) is 1.89. The Labute approximate surface area is 113 Å². The highest BCUT2D eigenvalue weighted by Gasteiger charge is 2.32. The minimum Gasteiger partial charge on any atom is -0.350 e. The lowest BCUT2D eigenvalue weighted by atomic mass is 10.1. The van der Waals surface area contributed by atoms with Gasteiger partial charge in [-0.3, -0.25) is 4.79 Å². The summed E-state index contributed by atoms with van der Waals surface area (Å²) in [6, 6.07) is 1.54. The van der Waals surface area contributed by atoms with Crippen molar-refractivity contribution in [2.75, 3.05) is 6.54 Å². The van der Waals surface area contributed by atoms with E-state index in [1.165, 1.54) is 0 Å². The van der Waals surface area contributed by atoms with Crippen molar-refractivity contribution < 1.29 is 22.4 Å². The molecule has 1 aromatic carbocycles. The Morgan fingerprint density at radius 3 is 2.55 bits per heavy atom. The van der Waals surface area contributed by atoms with Gasteiger partial charge in [-0.1, -0.05) is 0 Å². The molecule has 0 heterocycles. The Balaban J connectivity index is 2.06. The SMILES string of the molecule is NC(CNC(=O)c1cc(F)cc(C(F)(F)F)c1)C1CC1. The molecule has 2 rings (SSSR count). The van der Waals surface area contributed by atoms with Crippen molar-refractivity contribution in [3.8, 4) is 0 Å². The van der Waals surface area contributed by atoms with Gasteiger partial charge in [-0.15, -0.1) is 0 Å². The average Bonchev–Trinajstić information content (AvgIpc) is 3.17. The molecule has 3 nitrogen and oxygen atoms in total. The number of hydrogen-bond donors (Lipinski definition) is 2. The smallest absolute Gasteiger partial charge is 0.350 e. The highest BCUT2D eigenvalue weighted by Crippen LogP contribution is 2.31. The first-order valence-corrected chi connectivity index (χ1v) is 6.19. The minimum atomic E-state index is -4.69. The third-order valence-electron chi connectivity index (χ3n) is 3.21. The van der Waals surface area contributed by atoms with E-state index in [0.717, 1.165) is 18.9 Å².